The molecule has 2 amide bonds. The zero-order valence-electron chi connectivity index (χ0n) is 15.1. The van der Waals surface area contributed by atoms with Crippen molar-refractivity contribution in [3.8, 4) is 17.2 Å². The fraction of sp³-hybridized carbons (Fsp3) is 0.111. The van der Waals surface area contributed by atoms with Crippen LogP contribution in [-0.2, 0) is 4.79 Å². The molecule has 1 aromatic heterocycles. The minimum Gasteiger partial charge on any atom is -0.493 e. The fourth-order valence-corrected chi connectivity index (χ4v) is 3.10. The van der Waals surface area contributed by atoms with E-state index in [0.29, 0.717) is 11.4 Å². The quantitative estimate of drug-likeness (QED) is 0.536. The van der Waals surface area contributed by atoms with Crippen molar-refractivity contribution in [2.45, 2.75) is 0 Å². The second-order valence-electron chi connectivity index (χ2n) is 5.70. The van der Waals surface area contributed by atoms with Gasteiger partial charge in [0.2, 0.25) is 0 Å². The molecule has 0 saturated carbocycles. The number of halogens is 2. The van der Waals surface area contributed by atoms with Crippen LogP contribution >= 0.6 is 27.5 Å². The van der Waals surface area contributed by atoms with Crippen LogP contribution in [0.5, 0.6) is 11.5 Å². The zero-order valence-corrected chi connectivity index (χ0v) is 17.4. The SMILES string of the molecule is COc1cc(C(=O)Nc2cc(Br)ccc2-n2cncn2)cc(Cl)c1OCC(N)=O. The molecule has 3 rings (SSSR count). The number of ether oxygens (including phenoxy) is 2. The normalized spacial score (nSPS) is 10.4. The van der Waals surface area contributed by atoms with E-state index >= 15 is 0 Å². The van der Waals surface area contributed by atoms with Crippen LogP contribution in [0.15, 0.2) is 47.5 Å². The third kappa shape index (κ3) is 4.84. The van der Waals surface area contributed by atoms with E-state index in [2.05, 4.69) is 31.3 Å². The number of rotatable bonds is 7. The average molecular weight is 481 g/mol. The van der Waals surface area contributed by atoms with Crippen molar-refractivity contribution >= 4 is 45.0 Å². The summed E-state index contributed by atoms with van der Waals surface area (Å²) in [5, 5.41) is 7.00. The minimum atomic E-state index is -0.666. The summed E-state index contributed by atoms with van der Waals surface area (Å²) in [4.78, 5) is 27.7. The van der Waals surface area contributed by atoms with Crippen LogP contribution in [0.25, 0.3) is 5.69 Å². The van der Waals surface area contributed by atoms with Crippen molar-refractivity contribution in [2.24, 2.45) is 5.73 Å². The highest BCUT2D eigenvalue weighted by Crippen LogP contribution is 2.37. The first-order chi connectivity index (χ1) is 13.9. The van der Waals surface area contributed by atoms with Crippen LogP contribution in [0.4, 0.5) is 5.69 Å². The lowest BCUT2D eigenvalue weighted by atomic mass is 10.1. The summed E-state index contributed by atoms with van der Waals surface area (Å²) < 4.78 is 12.8. The van der Waals surface area contributed by atoms with Crippen LogP contribution in [0.1, 0.15) is 10.4 Å². The van der Waals surface area contributed by atoms with Gasteiger partial charge in [-0.2, -0.15) is 5.10 Å². The highest BCUT2D eigenvalue weighted by atomic mass is 79.9. The number of benzene rings is 2. The molecule has 0 saturated heterocycles. The topological polar surface area (TPSA) is 121 Å². The van der Waals surface area contributed by atoms with Gasteiger partial charge in [-0.3, -0.25) is 9.59 Å². The number of nitrogens with one attached hydrogen (secondary N) is 1. The third-order valence-corrected chi connectivity index (χ3v) is 4.50. The molecule has 3 N–H and O–H groups in total. The molecule has 3 aromatic rings. The van der Waals surface area contributed by atoms with Gasteiger partial charge in [-0.05, 0) is 30.3 Å². The maximum absolute atomic E-state index is 12.8. The second kappa shape index (κ2) is 8.93. The molecular weight excluding hydrogens is 466 g/mol. The van der Waals surface area contributed by atoms with Gasteiger partial charge in [0.05, 0.1) is 23.5 Å². The monoisotopic (exact) mass is 479 g/mol. The lowest BCUT2D eigenvalue weighted by Gasteiger charge is -2.15. The summed E-state index contributed by atoms with van der Waals surface area (Å²) in [6.07, 6.45) is 2.91. The van der Waals surface area contributed by atoms with Crippen molar-refractivity contribution in [2.75, 3.05) is 19.0 Å². The number of nitrogens with two attached hydrogens (primary N) is 1. The van der Waals surface area contributed by atoms with Gasteiger partial charge in [-0.25, -0.2) is 9.67 Å². The second-order valence-corrected chi connectivity index (χ2v) is 7.02. The molecular formula is C18H15BrClN5O4. The Balaban J connectivity index is 1.91. The molecule has 0 aliphatic heterocycles. The number of amides is 2. The summed E-state index contributed by atoms with van der Waals surface area (Å²) in [7, 11) is 1.39. The van der Waals surface area contributed by atoms with Gasteiger partial charge < -0.3 is 20.5 Å². The molecule has 11 heteroatoms. The highest BCUT2D eigenvalue weighted by molar-refractivity contribution is 9.10. The molecule has 9 nitrogen and oxygen atoms in total. The Labute approximate surface area is 178 Å². The molecule has 0 fully saturated rings. The first-order valence-corrected chi connectivity index (χ1v) is 9.30. The number of carbonyl (C=O) groups excluding carboxylic acids is 2. The smallest absolute Gasteiger partial charge is 0.255 e. The summed E-state index contributed by atoms with van der Waals surface area (Å²) in [6.45, 7) is -0.374. The number of hydrogen-bond acceptors (Lipinski definition) is 6. The molecule has 0 bridgehead atoms. The fourth-order valence-electron chi connectivity index (χ4n) is 2.47. The van der Waals surface area contributed by atoms with Gasteiger partial charge in [0, 0.05) is 10.0 Å². The zero-order chi connectivity index (χ0) is 21.0. The minimum absolute atomic E-state index is 0.0986. The third-order valence-electron chi connectivity index (χ3n) is 3.72. The van der Waals surface area contributed by atoms with Gasteiger partial charge in [0.1, 0.15) is 12.7 Å². The molecule has 0 atom stereocenters. The number of primary amides is 1. The molecule has 2 aromatic carbocycles. The number of aromatic nitrogens is 3. The first kappa shape index (κ1) is 20.6. The van der Waals surface area contributed by atoms with Crippen LogP contribution in [0.2, 0.25) is 5.02 Å². The van der Waals surface area contributed by atoms with E-state index in [0.717, 1.165) is 4.47 Å². The molecule has 0 unspecified atom stereocenters. The number of carbonyl (C=O) groups is 2. The Hall–Kier alpha value is -3.11. The van der Waals surface area contributed by atoms with Crippen LogP contribution in [0.3, 0.4) is 0 Å². The van der Waals surface area contributed by atoms with Gasteiger partial charge >= 0.3 is 0 Å². The summed E-state index contributed by atoms with van der Waals surface area (Å²) >= 11 is 9.60. The summed E-state index contributed by atoms with van der Waals surface area (Å²) in [5.74, 6) is -0.795. The average Bonchev–Trinajstić information content (AvgIpc) is 3.20. The van der Waals surface area contributed by atoms with Crippen molar-refractivity contribution in [1.29, 1.82) is 0 Å². The Morgan fingerprint density at radius 2 is 2.10 bits per heavy atom. The molecule has 0 aliphatic carbocycles. The summed E-state index contributed by atoms with van der Waals surface area (Å²) in [6, 6.07) is 8.19. The van der Waals surface area contributed by atoms with E-state index < -0.39 is 11.8 Å². The number of methoxy groups -OCH3 is 1. The van der Waals surface area contributed by atoms with E-state index in [-0.39, 0.29) is 28.7 Å². The van der Waals surface area contributed by atoms with Gasteiger partial charge in [0.25, 0.3) is 11.8 Å². The highest BCUT2D eigenvalue weighted by Gasteiger charge is 2.18. The van der Waals surface area contributed by atoms with E-state index in [9.17, 15) is 9.59 Å². The molecule has 0 aliphatic rings. The van der Waals surface area contributed by atoms with Crippen LogP contribution < -0.4 is 20.5 Å². The standard InChI is InChI=1S/C18H15BrClN5O4/c1-28-15-5-10(4-12(20)17(15)29-7-16(21)26)18(27)24-13-6-11(19)2-3-14(13)25-9-22-8-23-25/h2-6,8-9H,7H2,1H3,(H2,21,26)(H,24,27). The van der Waals surface area contributed by atoms with Gasteiger partial charge in [0.15, 0.2) is 18.1 Å². The number of anilines is 1. The van der Waals surface area contributed by atoms with Gasteiger partial charge in [-0.1, -0.05) is 27.5 Å². The van der Waals surface area contributed by atoms with Crippen LogP contribution in [0, 0.1) is 0 Å². The molecule has 29 heavy (non-hydrogen) atoms. The van der Waals surface area contributed by atoms with Gasteiger partial charge in [-0.15, -0.1) is 0 Å². The van der Waals surface area contributed by atoms with E-state index in [1.54, 1.807) is 12.1 Å². The van der Waals surface area contributed by atoms with Crippen molar-refractivity contribution in [1.82, 2.24) is 14.8 Å². The lowest BCUT2D eigenvalue weighted by molar-refractivity contribution is -0.119. The lowest BCUT2D eigenvalue weighted by Crippen LogP contribution is -2.20. The van der Waals surface area contributed by atoms with E-state index in [4.69, 9.17) is 26.8 Å². The van der Waals surface area contributed by atoms with Crippen molar-refractivity contribution in [3.63, 3.8) is 0 Å². The maximum Gasteiger partial charge on any atom is 0.255 e. The molecule has 150 valence electrons. The maximum atomic E-state index is 12.8. The predicted molar refractivity (Wildman–Crippen MR) is 110 cm³/mol. The summed E-state index contributed by atoms with van der Waals surface area (Å²) in [5.41, 5.74) is 6.43. The van der Waals surface area contributed by atoms with E-state index in [1.807, 2.05) is 6.07 Å². The predicted octanol–water partition coefficient (Wildman–Crippen LogP) is 2.81. The largest absolute Gasteiger partial charge is 0.493 e. The molecule has 1 heterocycles. The Kier molecular flexibility index (Phi) is 6.35. The Morgan fingerprint density at radius 1 is 1.31 bits per heavy atom. The molecule has 0 spiro atoms. The number of nitrogens with zero attached hydrogens (tertiary/aromatic N) is 3. The Bertz CT molecular complexity index is 1060. The van der Waals surface area contributed by atoms with Crippen LogP contribution in [-0.4, -0.2) is 40.3 Å². The first-order valence-electron chi connectivity index (χ1n) is 8.13. The number of hydrogen-bond donors (Lipinski definition) is 2. The van der Waals surface area contributed by atoms with Crippen molar-refractivity contribution in [3.05, 3.63) is 58.0 Å². The van der Waals surface area contributed by atoms with Crippen molar-refractivity contribution < 1.29 is 19.1 Å². The molecule has 0 radical (unpaired) electrons. The van der Waals surface area contributed by atoms with E-state index in [1.165, 1.54) is 36.6 Å². The Morgan fingerprint density at radius 3 is 2.76 bits per heavy atom.